The Bertz CT molecular complexity index is 683. The molecule has 3 rings (SSSR count). The summed E-state index contributed by atoms with van der Waals surface area (Å²) in [6, 6.07) is 5.58. The van der Waals surface area contributed by atoms with Crippen LogP contribution in [-0.4, -0.2) is 23.7 Å². The minimum Gasteiger partial charge on any atom is -0.376 e. The van der Waals surface area contributed by atoms with Crippen LogP contribution in [0.3, 0.4) is 0 Å². The van der Waals surface area contributed by atoms with Gasteiger partial charge in [-0.05, 0) is 37.5 Å². The number of nitrogens with one attached hydrogen (secondary N) is 2. The van der Waals surface area contributed by atoms with Crippen molar-refractivity contribution in [3.05, 3.63) is 51.7 Å². The Morgan fingerprint density at radius 2 is 2.25 bits per heavy atom. The maximum absolute atomic E-state index is 13.2. The van der Waals surface area contributed by atoms with Crippen molar-refractivity contribution < 1.29 is 13.9 Å². The van der Waals surface area contributed by atoms with Crippen LogP contribution in [0.5, 0.6) is 0 Å². The zero-order chi connectivity index (χ0) is 16.9. The normalized spacial score (nSPS) is 18.3. The SMILES string of the molecule is Cc1csc(CNC(=O)N[C@@H](c2ccc(F)cc2)[C@H]2CCCO2)n1. The highest BCUT2D eigenvalue weighted by Crippen LogP contribution is 2.27. The van der Waals surface area contributed by atoms with Gasteiger partial charge in [0.1, 0.15) is 10.8 Å². The Kier molecular flexibility index (Phi) is 5.42. The Balaban J connectivity index is 1.64. The third-order valence-corrected chi connectivity index (χ3v) is 4.89. The van der Waals surface area contributed by atoms with Crippen LogP contribution in [0, 0.1) is 12.7 Å². The number of urea groups is 1. The van der Waals surface area contributed by atoms with Crippen molar-refractivity contribution in [1.29, 1.82) is 0 Å². The van der Waals surface area contributed by atoms with E-state index in [1.54, 1.807) is 12.1 Å². The highest BCUT2D eigenvalue weighted by molar-refractivity contribution is 7.09. The summed E-state index contributed by atoms with van der Waals surface area (Å²) in [7, 11) is 0. The summed E-state index contributed by atoms with van der Waals surface area (Å²) in [5, 5.41) is 8.57. The molecule has 0 spiro atoms. The van der Waals surface area contributed by atoms with Crippen molar-refractivity contribution in [3.8, 4) is 0 Å². The van der Waals surface area contributed by atoms with Crippen LogP contribution < -0.4 is 10.6 Å². The number of carbonyl (C=O) groups excluding carboxylic acids is 1. The summed E-state index contributed by atoms with van der Waals surface area (Å²) < 4.78 is 18.9. The zero-order valence-electron chi connectivity index (χ0n) is 13.4. The van der Waals surface area contributed by atoms with Crippen molar-refractivity contribution in [3.63, 3.8) is 0 Å². The molecule has 0 unspecified atom stereocenters. The number of carbonyl (C=O) groups is 1. The van der Waals surface area contributed by atoms with Gasteiger partial charge in [0.05, 0.1) is 18.7 Å². The van der Waals surface area contributed by atoms with Crippen LogP contribution in [0.15, 0.2) is 29.6 Å². The molecule has 1 fully saturated rings. The van der Waals surface area contributed by atoms with Crippen LogP contribution in [0.25, 0.3) is 0 Å². The number of aromatic nitrogens is 1. The summed E-state index contributed by atoms with van der Waals surface area (Å²) in [5.74, 6) is -0.298. The van der Waals surface area contributed by atoms with E-state index >= 15 is 0 Å². The third kappa shape index (κ3) is 4.30. The monoisotopic (exact) mass is 349 g/mol. The number of hydrogen-bond acceptors (Lipinski definition) is 4. The van der Waals surface area contributed by atoms with Crippen LogP contribution in [0.4, 0.5) is 9.18 Å². The molecule has 2 heterocycles. The molecule has 1 aliphatic heterocycles. The number of amides is 2. The van der Waals surface area contributed by atoms with Crippen LogP contribution in [-0.2, 0) is 11.3 Å². The van der Waals surface area contributed by atoms with Gasteiger partial charge in [-0.2, -0.15) is 0 Å². The van der Waals surface area contributed by atoms with Gasteiger partial charge in [-0.15, -0.1) is 11.3 Å². The van der Waals surface area contributed by atoms with Crippen molar-refractivity contribution >= 4 is 17.4 Å². The van der Waals surface area contributed by atoms with Gasteiger partial charge in [0, 0.05) is 17.7 Å². The highest BCUT2D eigenvalue weighted by Gasteiger charge is 2.28. The van der Waals surface area contributed by atoms with Gasteiger partial charge in [0.25, 0.3) is 0 Å². The molecule has 1 aliphatic rings. The van der Waals surface area contributed by atoms with Crippen molar-refractivity contribution in [1.82, 2.24) is 15.6 Å². The smallest absolute Gasteiger partial charge is 0.315 e. The molecule has 1 saturated heterocycles. The molecule has 7 heteroatoms. The molecular formula is C17H20FN3O2S. The van der Waals surface area contributed by atoms with E-state index in [4.69, 9.17) is 4.74 Å². The summed E-state index contributed by atoms with van der Waals surface area (Å²) in [5.41, 5.74) is 1.78. The van der Waals surface area contributed by atoms with Crippen molar-refractivity contribution in [2.45, 2.75) is 38.5 Å². The second-order valence-electron chi connectivity index (χ2n) is 5.79. The Morgan fingerprint density at radius 1 is 1.46 bits per heavy atom. The summed E-state index contributed by atoms with van der Waals surface area (Å²) in [6.07, 6.45) is 1.74. The molecule has 24 heavy (non-hydrogen) atoms. The van der Waals surface area contributed by atoms with E-state index in [1.807, 2.05) is 12.3 Å². The van der Waals surface area contributed by atoms with E-state index in [9.17, 15) is 9.18 Å². The zero-order valence-corrected chi connectivity index (χ0v) is 14.2. The summed E-state index contributed by atoms with van der Waals surface area (Å²) in [4.78, 5) is 16.6. The number of aryl methyl sites for hydroxylation is 1. The van der Waals surface area contributed by atoms with Gasteiger partial charge < -0.3 is 15.4 Å². The number of nitrogens with zero attached hydrogens (tertiary/aromatic N) is 1. The van der Waals surface area contributed by atoms with E-state index in [0.717, 1.165) is 29.1 Å². The molecule has 0 radical (unpaired) electrons. The molecular weight excluding hydrogens is 329 g/mol. The van der Waals surface area contributed by atoms with Crippen LogP contribution >= 0.6 is 11.3 Å². The maximum Gasteiger partial charge on any atom is 0.315 e. The fraction of sp³-hybridized carbons (Fsp3) is 0.412. The number of rotatable bonds is 5. The number of halogens is 1. The fourth-order valence-corrected chi connectivity index (χ4v) is 3.47. The van der Waals surface area contributed by atoms with Gasteiger partial charge in [0.15, 0.2) is 0 Å². The van der Waals surface area contributed by atoms with Gasteiger partial charge in [-0.1, -0.05) is 12.1 Å². The fourth-order valence-electron chi connectivity index (χ4n) is 2.76. The van der Waals surface area contributed by atoms with E-state index in [2.05, 4.69) is 15.6 Å². The predicted octanol–water partition coefficient (Wildman–Crippen LogP) is 3.31. The Morgan fingerprint density at radius 3 is 2.88 bits per heavy atom. The molecule has 2 N–H and O–H groups in total. The average Bonchev–Trinajstić information content (AvgIpc) is 3.23. The van der Waals surface area contributed by atoms with Gasteiger partial charge in [0.2, 0.25) is 0 Å². The standard InChI is InChI=1S/C17H20FN3O2S/c1-11-10-24-15(20-11)9-19-17(22)21-16(14-3-2-8-23-14)12-4-6-13(18)7-5-12/h4-7,10,14,16H,2-3,8-9H2,1H3,(H2,19,21,22)/t14-,16+/m1/s1. The van der Waals surface area contributed by atoms with Gasteiger partial charge in [-0.3, -0.25) is 0 Å². The third-order valence-electron chi connectivity index (χ3n) is 3.92. The average molecular weight is 349 g/mol. The minimum absolute atomic E-state index is 0.0941. The number of ether oxygens (including phenoxy) is 1. The van der Waals surface area contributed by atoms with Crippen molar-refractivity contribution in [2.75, 3.05) is 6.61 Å². The topological polar surface area (TPSA) is 63.2 Å². The lowest BCUT2D eigenvalue weighted by Gasteiger charge is -2.24. The molecule has 0 aliphatic carbocycles. The second kappa shape index (κ2) is 7.72. The van der Waals surface area contributed by atoms with E-state index in [1.165, 1.54) is 23.5 Å². The molecule has 2 aromatic rings. The molecule has 0 saturated carbocycles. The molecule has 1 aromatic carbocycles. The predicted molar refractivity (Wildman–Crippen MR) is 90.3 cm³/mol. The largest absolute Gasteiger partial charge is 0.376 e. The molecule has 2 amide bonds. The number of benzene rings is 1. The van der Waals surface area contributed by atoms with Crippen LogP contribution in [0.1, 0.15) is 35.1 Å². The second-order valence-corrected chi connectivity index (χ2v) is 6.73. The highest BCUT2D eigenvalue weighted by atomic mass is 32.1. The molecule has 1 aromatic heterocycles. The lowest BCUT2D eigenvalue weighted by molar-refractivity contribution is 0.0807. The number of hydrogen-bond donors (Lipinski definition) is 2. The summed E-state index contributed by atoms with van der Waals surface area (Å²) >= 11 is 1.51. The first-order chi connectivity index (χ1) is 11.6. The molecule has 0 bridgehead atoms. The first kappa shape index (κ1) is 16.9. The quantitative estimate of drug-likeness (QED) is 0.870. The van der Waals surface area contributed by atoms with E-state index in [-0.39, 0.29) is 24.0 Å². The van der Waals surface area contributed by atoms with E-state index in [0.29, 0.717) is 13.2 Å². The number of thiazole rings is 1. The van der Waals surface area contributed by atoms with Crippen molar-refractivity contribution in [2.24, 2.45) is 0 Å². The lowest BCUT2D eigenvalue weighted by atomic mass is 9.99. The Hall–Kier alpha value is -1.99. The minimum atomic E-state index is -0.300. The maximum atomic E-state index is 13.2. The molecule has 2 atom stereocenters. The first-order valence-electron chi connectivity index (χ1n) is 7.94. The van der Waals surface area contributed by atoms with Gasteiger partial charge >= 0.3 is 6.03 Å². The molecule has 128 valence electrons. The summed E-state index contributed by atoms with van der Waals surface area (Å²) in [6.45, 7) is 2.98. The first-order valence-corrected chi connectivity index (χ1v) is 8.82. The Labute approximate surface area is 144 Å². The van der Waals surface area contributed by atoms with Crippen LogP contribution in [0.2, 0.25) is 0 Å². The lowest BCUT2D eigenvalue weighted by Crippen LogP contribution is -2.42. The van der Waals surface area contributed by atoms with Gasteiger partial charge in [-0.25, -0.2) is 14.2 Å². The molecule has 5 nitrogen and oxygen atoms in total. The van der Waals surface area contributed by atoms with E-state index < -0.39 is 0 Å².